The van der Waals surface area contributed by atoms with Gasteiger partial charge in [-0.15, -0.1) is 11.3 Å². The van der Waals surface area contributed by atoms with Crippen molar-refractivity contribution in [1.29, 1.82) is 0 Å². The second-order valence-electron chi connectivity index (χ2n) is 5.17. The lowest BCUT2D eigenvalue weighted by molar-refractivity contribution is 0.462. The number of aryl methyl sites for hydroxylation is 1. The van der Waals surface area contributed by atoms with E-state index >= 15 is 0 Å². The van der Waals surface area contributed by atoms with E-state index in [4.69, 9.17) is 11.6 Å². The molecule has 1 N–H and O–H groups in total. The van der Waals surface area contributed by atoms with Crippen LogP contribution in [0.15, 0.2) is 11.4 Å². The van der Waals surface area contributed by atoms with Crippen molar-refractivity contribution < 1.29 is 0 Å². The lowest BCUT2D eigenvalue weighted by Gasteiger charge is -2.23. The van der Waals surface area contributed by atoms with Crippen molar-refractivity contribution in [3.8, 4) is 10.8 Å². The fraction of sp³-hybridized carbons (Fsp3) is 0.500. The Balaban J connectivity index is 1.82. The molecular weight excluding hydrogens is 292 g/mol. The van der Waals surface area contributed by atoms with E-state index in [1.807, 2.05) is 12.3 Å². The second kappa shape index (κ2) is 6.06. The minimum atomic E-state index is 0.459. The largest absolute Gasteiger partial charge is 0.367 e. The Morgan fingerprint density at radius 3 is 2.70 bits per heavy atom. The Morgan fingerprint density at radius 2 is 2.00 bits per heavy atom. The zero-order chi connectivity index (χ0) is 13.9. The van der Waals surface area contributed by atoms with Gasteiger partial charge < -0.3 is 5.32 Å². The zero-order valence-corrected chi connectivity index (χ0v) is 13.0. The third-order valence-corrected chi connectivity index (χ3v) is 4.61. The van der Waals surface area contributed by atoms with Crippen molar-refractivity contribution in [3.05, 3.63) is 22.3 Å². The summed E-state index contributed by atoms with van der Waals surface area (Å²) in [4.78, 5) is 13.2. The summed E-state index contributed by atoms with van der Waals surface area (Å²) in [5.74, 6) is 1.41. The first-order chi connectivity index (χ1) is 9.70. The number of aromatic nitrogens is 3. The Kier molecular flexibility index (Phi) is 4.17. The number of anilines is 1. The Labute approximate surface area is 127 Å². The zero-order valence-electron chi connectivity index (χ0n) is 11.4. The molecular formula is C14H17ClN4S. The fourth-order valence-corrected chi connectivity index (χ4v) is 3.41. The molecule has 4 nitrogen and oxygen atoms in total. The smallest absolute Gasteiger partial charge is 0.192 e. The topological polar surface area (TPSA) is 50.7 Å². The molecule has 0 aliphatic heterocycles. The van der Waals surface area contributed by atoms with Crippen LogP contribution < -0.4 is 5.32 Å². The van der Waals surface area contributed by atoms with Crippen LogP contribution in [0.25, 0.3) is 10.8 Å². The van der Waals surface area contributed by atoms with Gasteiger partial charge in [-0.2, -0.15) is 0 Å². The van der Waals surface area contributed by atoms with Crippen molar-refractivity contribution in [2.24, 2.45) is 0 Å². The van der Waals surface area contributed by atoms with Crippen LogP contribution in [0, 0.1) is 6.92 Å². The van der Waals surface area contributed by atoms with Gasteiger partial charge >= 0.3 is 0 Å². The van der Waals surface area contributed by atoms with Crippen molar-refractivity contribution in [2.75, 3.05) is 5.32 Å². The highest BCUT2D eigenvalue weighted by atomic mass is 35.5. The molecule has 0 amide bonds. The Bertz CT molecular complexity index is 593. The summed E-state index contributed by atoms with van der Waals surface area (Å²) in [5.41, 5.74) is 0.982. The predicted molar refractivity (Wildman–Crippen MR) is 83.4 cm³/mol. The maximum absolute atomic E-state index is 6.11. The number of nitrogens with zero attached hydrogens (tertiary/aromatic N) is 3. The molecule has 0 bridgehead atoms. The molecule has 106 valence electrons. The molecule has 2 aromatic rings. The first-order valence-electron chi connectivity index (χ1n) is 6.94. The third-order valence-electron chi connectivity index (χ3n) is 3.46. The van der Waals surface area contributed by atoms with E-state index in [0.29, 0.717) is 17.0 Å². The van der Waals surface area contributed by atoms with E-state index in [9.17, 15) is 0 Å². The van der Waals surface area contributed by atoms with Gasteiger partial charge in [0, 0.05) is 23.2 Å². The average molecular weight is 309 g/mol. The molecule has 1 aliphatic carbocycles. The first kappa shape index (κ1) is 13.8. The van der Waals surface area contributed by atoms with Crippen LogP contribution in [-0.2, 0) is 0 Å². The van der Waals surface area contributed by atoms with E-state index < -0.39 is 0 Å². The van der Waals surface area contributed by atoms with Gasteiger partial charge in [0.05, 0.1) is 0 Å². The maximum atomic E-state index is 6.11. The molecule has 0 radical (unpaired) electrons. The molecule has 1 aliphatic rings. The van der Waals surface area contributed by atoms with Crippen LogP contribution in [0.1, 0.15) is 37.8 Å². The summed E-state index contributed by atoms with van der Waals surface area (Å²) in [6.07, 6.45) is 6.32. The van der Waals surface area contributed by atoms with Crippen molar-refractivity contribution in [1.82, 2.24) is 15.0 Å². The fourth-order valence-electron chi connectivity index (χ4n) is 2.50. The van der Waals surface area contributed by atoms with E-state index in [0.717, 1.165) is 16.5 Å². The predicted octanol–water partition coefficient (Wildman–Crippen LogP) is 4.31. The van der Waals surface area contributed by atoms with Crippen LogP contribution >= 0.6 is 22.9 Å². The number of nitrogens with one attached hydrogen (secondary N) is 1. The van der Waals surface area contributed by atoms with Gasteiger partial charge in [0.25, 0.3) is 0 Å². The Morgan fingerprint density at radius 1 is 1.20 bits per heavy atom. The lowest BCUT2D eigenvalue weighted by atomic mass is 9.95. The number of halogens is 1. The van der Waals surface area contributed by atoms with Gasteiger partial charge in [-0.05, 0) is 19.8 Å². The average Bonchev–Trinajstić information content (AvgIpc) is 2.86. The van der Waals surface area contributed by atoms with Gasteiger partial charge in [0.2, 0.25) is 0 Å². The van der Waals surface area contributed by atoms with Gasteiger partial charge in [0.15, 0.2) is 10.8 Å². The van der Waals surface area contributed by atoms with E-state index in [-0.39, 0.29) is 0 Å². The molecule has 2 heterocycles. The van der Waals surface area contributed by atoms with E-state index in [1.165, 1.54) is 32.1 Å². The van der Waals surface area contributed by atoms with Crippen molar-refractivity contribution in [2.45, 2.75) is 45.1 Å². The highest BCUT2D eigenvalue weighted by Gasteiger charge is 2.15. The first-order valence-corrected chi connectivity index (χ1v) is 8.20. The summed E-state index contributed by atoms with van der Waals surface area (Å²) in [6, 6.07) is 2.29. The standard InChI is InChI=1S/C14H17ClN4S/c1-9-8-20-14(16-9)13-18-11(15)7-12(19-13)17-10-5-3-2-4-6-10/h7-8,10H,2-6H2,1H3,(H,17,18,19). The minimum Gasteiger partial charge on any atom is -0.367 e. The van der Waals surface area contributed by atoms with Crippen LogP contribution in [0.2, 0.25) is 5.15 Å². The molecule has 20 heavy (non-hydrogen) atoms. The van der Waals surface area contributed by atoms with Crippen molar-refractivity contribution in [3.63, 3.8) is 0 Å². The summed E-state index contributed by atoms with van der Waals surface area (Å²) in [6.45, 7) is 1.96. The van der Waals surface area contributed by atoms with Crippen LogP contribution in [0.4, 0.5) is 5.82 Å². The SMILES string of the molecule is Cc1csc(-c2nc(Cl)cc(NC3CCCCC3)n2)n1. The van der Waals surface area contributed by atoms with E-state index in [1.54, 1.807) is 17.4 Å². The molecule has 0 saturated heterocycles. The quantitative estimate of drug-likeness (QED) is 0.859. The number of hydrogen-bond donors (Lipinski definition) is 1. The summed E-state index contributed by atoms with van der Waals surface area (Å²) in [5, 5.41) is 6.75. The number of hydrogen-bond acceptors (Lipinski definition) is 5. The molecule has 0 spiro atoms. The molecule has 0 aromatic carbocycles. The summed E-state index contributed by atoms with van der Waals surface area (Å²) < 4.78 is 0. The Hall–Kier alpha value is -1.20. The molecule has 1 saturated carbocycles. The van der Waals surface area contributed by atoms with Crippen LogP contribution in [0.3, 0.4) is 0 Å². The minimum absolute atomic E-state index is 0.459. The maximum Gasteiger partial charge on any atom is 0.192 e. The van der Waals surface area contributed by atoms with Gasteiger partial charge in [-0.25, -0.2) is 15.0 Å². The van der Waals surface area contributed by atoms with Gasteiger partial charge in [-0.3, -0.25) is 0 Å². The molecule has 0 unspecified atom stereocenters. The summed E-state index contributed by atoms with van der Waals surface area (Å²) >= 11 is 7.65. The molecule has 1 fully saturated rings. The third kappa shape index (κ3) is 3.27. The molecule has 6 heteroatoms. The number of thiazole rings is 1. The highest BCUT2D eigenvalue weighted by Crippen LogP contribution is 2.25. The lowest BCUT2D eigenvalue weighted by Crippen LogP contribution is -2.23. The normalized spacial score (nSPS) is 16.3. The highest BCUT2D eigenvalue weighted by molar-refractivity contribution is 7.13. The van der Waals surface area contributed by atoms with Gasteiger partial charge in [0.1, 0.15) is 11.0 Å². The second-order valence-corrected chi connectivity index (χ2v) is 6.42. The number of rotatable bonds is 3. The molecule has 0 atom stereocenters. The summed E-state index contributed by atoms with van der Waals surface area (Å²) in [7, 11) is 0. The van der Waals surface area contributed by atoms with Gasteiger partial charge in [-0.1, -0.05) is 30.9 Å². The van der Waals surface area contributed by atoms with Crippen LogP contribution in [-0.4, -0.2) is 21.0 Å². The van der Waals surface area contributed by atoms with Crippen molar-refractivity contribution >= 4 is 28.8 Å². The van der Waals surface area contributed by atoms with E-state index in [2.05, 4.69) is 20.3 Å². The monoisotopic (exact) mass is 308 g/mol. The van der Waals surface area contributed by atoms with Crippen LogP contribution in [0.5, 0.6) is 0 Å². The molecule has 3 rings (SSSR count). The molecule has 2 aromatic heterocycles.